The molecule has 0 unspecified atom stereocenters. The third kappa shape index (κ3) is 3.86. The maximum atomic E-state index is 11.8. The lowest BCUT2D eigenvalue weighted by Crippen LogP contribution is -2.24. The average Bonchev–Trinajstić information content (AvgIpc) is 2.24. The Morgan fingerprint density at radius 1 is 1.29 bits per heavy atom. The van der Waals surface area contributed by atoms with E-state index in [0.717, 1.165) is 5.71 Å². The number of carbonyl (C=O) groups is 1. The summed E-state index contributed by atoms with van der Waals surface area (Å²) in [5.74, 6) is -0.292. The van der Waals surface area contributed by atoms with Crippen molar-refractivity contribution in [2.24, 2.45) is 10.5 Å². The van der Waals surface area contributed by atoms with Gasteiger partial charge in [0.2, 0.25) is 0 Å². The van der Waals surface area contributed by atoms with E-state index < -0.39 is 0 Å². The summed E-state index contributed by atoms with van der Waals surface area (Å²) >= 11 is 5.92. The molecule has 0 saturated carbocycles. The largest absolute Gasteiger partial charge is 0.272 e. The van der Waals surface area contributed by atoms with Crippen molar-refractivity contribution in [3.63, 3.8) is 0 Å². The quantitative estimate of drug-likeness (QED) is 0.635. The van der Waals surface area contributed by atoms with Crippen LogP contribution in [0.15, 0.2) is 29.4 Å². The maximum absolute atomic E-state index is 11.8. The monoisotopic (exact) mass is 252 g/mol. The van der Waals surface area contributed by atoms with Crippen LogP contribution >= 0.6 is 11.6 Å². The van der Waals surface area contributed by atoms with Crippen molar-refractivity contribution in [2.75, 3.05) is 0 Å². The molecule has 0 aliphatic heterocycles. The Balaban J connectivity index is 2.79. The molecule has 0 spiro atoms. The molecule has 1 rings (SSSR count). The van der Waals surface area contributed by atoms with Crippen molar-refractivity contribution >= 4 is 23.2 Å². The van der Waals surface area contributed by atoms with E-state index in [0.29, 0.717) is 10.6 Å². The molecule has 17 heavy (non-hydrogen) atoms. The molecule has 3 nitrogen and oxygen atoms in total. The van der Waals surface area contributed by atoms with Gasteiger partial charge in [0.1, 0.15) is 0 Å². The van der Waals surface area contributed by atoms with Crippen molar-refractivity contribution in [2.45, 2.75) is 27.7 Å². The number of hydrogen-bond acceptors (Lipinski definition) is 2. The number of hydrogen-bond donors (Lipinski definition) is 1. The zero-order valence-electron chi connectivity index (χ0n) is 10.5. The molecule has 0 heterocycles. The second kappa shape index (κ2) is 5.32. The lowest BCUT2D eigenvalue weighted by Gasteiger charge is -2.17. The molecule has 1 aromatic carbocycles. The molecule has 0 aliphatic carbocycles. The van der Waals surface area contributed by atoms with E-state index >= 15 is 0 Å². The summed E-state index contributed by atoms with van der Waals surface area (Å²) in [7, 11) is 0. The number of rotatable bonds is 2. The van der Waals surface area contributed by atoms with Crippen LogP contribution in [0.2, 0.25) is 5.02 Å². The first-order valence-electron chi connectivity index (χ1n) is 5.42. The molecule has 0 fully saturated rings. The van der Waals surface area contributed by atoms with Gasteiger partial charge in [0, 0.05) is 11.1 Å². The van der Waals surface area contributed by atoms with Crippen molar-refractivity contribution in [3.05, 3.63) is 34.9 Å². The minimum absolute atomic E-state index is 0.0617. The average molecular weight is 253 g/mol. The second-order valence-electron chi connectivity index (χ2n) is 4.87. The summed E-state index contributed by atoms with van der Waals surface area (Å²) < 4.78 is 0. The van der Waals surface area contributed by atoms with Gasteiger partial charge in [-0.25, -0.2) is 5.43 Å². The molecule has 1 N–H and O–H groups in total. The molecule has 1 amide bonds. The van der Waals surface area contributed by atoms with E-state index in [1.54, 1.807) is 24.3 Å². The second-order valence-corrected chi connectivity index (χ2v) is 5.28. The van der Waals surface area contributed by atoms with Crippen molar-refractivity contribution < 1.29 is 4.79 Å². The summed E-state index contributed by atoms with van der Waals surface area (Å²) in [5, 5.41) is 4.50. The molecule has 92 valence electrons. The summed E-state index contributed by atoms with van der Waals surface area (Å²) in [6.45, 7) is 7.99. The first kappa shape index (κ1) is 13.7. The summed E-state index contributed by atoms with van der Waals surface area (Å²) in [5.41, 5.74) is 3.74. The number of nitrogens with zero attached hydrogens (tertiary/aromatic N) is 1. The molecule has 0 bridgehead atoms. The third-order valence-electron chi connectivity index (χ3n) is 2.53. The SMILES string of the molecule is CC(=NNC(=O)c1ccccc1Cl)C(C)(C)C. The van der Waals surface area contributed by atoms with E-state index in [1.165, 1.54) is 0 Å². The predicted molar refractivity (Wildman–Crippen MR) is 71.5 cm³/mol. The number of benzene rings is 1. The van der Waals surface area contributed by atoms with Crippen LogP contribution in [0.3, 0.4) is 0 Å². The zero-order chi connectivity index (χ0) is 13.1. The van der Waals surface area contributed by atoms with Gasteiger partial charge in [0.25, 0.3) is 5.91 Å². The van der Waals surface area contributed by atoms with Gasteiger partial charge in [-0.1, -0.05) is 44.5 Å². The molecule has 0 aliphatic rings. The van der Waals surface area contributed by atoms with Gasteiger partial charge in [0.15, 0.2) is 0 Å². The van der Waals surface area contributed by atoms with Crippen molar-refractivity contribution in [1.82, 2.24) is 5.43 Å². The topological polar surface area (TPSA) is 41.5 Å². The fourth-order valence-electron chi connectivity index (χ4n) is 1.01. The Labute approximate surface area is 107 Å². The van der Waals surface area contributed by atoms with E-state index in [-0.39, 0.29) is 11.3 Å². The van der Waals surface area contributed by atoms with Crippen LogP contribution in [0.25, 0.3) is 0 Å². The van der Waals surface area contributed by atoms with Crippen molar-refractivity contribution in [1.29, 1.82) is 0 Å². The highest BCUT2D eigenvalue weighted by Gasteiger charge is 2.15. The number of hydrazone groups is 1. The number of nitrogens with one attached hydrogen (secondary N) is 1. The molecular formula is C13H17ClN2O. The highest BCUT2D eigenvalue weighted by atomic mass is 35.5. The first-order chi connectivity index (χ1) is 7.82. The van der Waals surface area contributed by atoms with Crippen LogP contribution in [0.4, 0.5) is 0 Å². The summed E-state index contributed by atoms with van der Waals surface area (Å²) in [6, 6.07) is 6.89. The molecule has 0 aromatic heterocycles. The van der Waals surface area contributed by atoms with Gasteiger partial charge in [-0.05, 0) is 19.1 Å². The number of carbonyl (C=O) groups excluding carboxylic acids is 1. The van der Waals surface area contributed by atoms with E-state index in [2.05, 4.69) is 10.5 Å². The maximum Gasteiger partial charge on any atom is 0.272 e. The van der Waals surface area contributed by atoms with E-state index in [1.807, 2.05) is 27.7 Å². The smallest absolute Gasteiger partial charge is 0.267 e. The first-order valence-corrected chi connectivity index (χ1v) is 5.80. The predicted octanol–water partition coefficient (Wildman–Crippen LogP) is 3.49. The van der Waals surface area contributed by atoms with Crippen LogP contribution < -0.4 is 5.43 Å². The standard InChI is InChI=1S/C13H17ClN2O/c1-9(13(2,3)4)15-16-12(17)10-7-5-6-8-11(10)14/h5-8H,1-4H3,(H,16,17). The van der Waals surface area contributed by atoms with Gasteiger partial charge < -0.3 is 0 Å². The third-order valence-corrected chi connectivity index (χ3v) is 2.86. The fraction of sp³-hybridized carbons (Fsp3) is 0.385. The summed E-state index contributed by atoms with van der Waals surface area (Å²) in [4.78, 5) is 11.8. The zero-order valence-corrected chi connectivity index (χ0v) is 11.3. The minimum atomic E-state index is -0.292. The van der Waals surface area contributed by atoms with Crippen LogP contribution in [0.1, 0.15) is 38.1 Å². The minimum Gasteiger partial charge on any atom is -0.267 e. The Bertz CT molecular complexity index is 447. The normalized spacial score (nSPS) is 12.4. The Hall–Kier alpha value is -1.35. The Morgan fingerprint density at radius 2 is 1.88 bits per heavy atom. The van der Waals surface area contributed by atoms with Gasteiger partial charge in [-0.2, -0.15) is 5.10 Å². The molecule has 0 atom stereocenters. The highest BCUT2D eigenvalue weighted by Crippen LogP contribution is 2.16. The van der Waals surface area contributed by atoms with Crippen LogP contribution in [-0.4, -0.2) is 11.6 Å². The Kier molecular flexibility index (Phi) is 4.29. The molecule has 0 radical (unpaired) electrons. The lowest BCUT2D eigenvalue weighted by molar-refractivity contribution is 0.0954. The highest BCUT2D eigenvalue weighted by molar-refractivity contribution is 6.33. The molecule has 1 aromatic rings. The fourth-order valence-corrected chi connectivity index (χ4v) is 1.23. The van der Waals surface area contributed by atoms with Crippen LogP contribution in [0, 0.1) is 5.41 Å². The van der Waals surface area contributed by atoms with E-state index in [4.69, 9.17) is 11.6 Å². The van der Waals surface area contributed by atoms with Crippen molar-refractivity contribution in [3.8, 4) is 0 Å². The molecular weight excluding hydrogens is 236 g/mol. The van der Waals surface area contributed by atoms with Gasteiger partial charge in [-0.15, -0.1) is 0 Å². The van der Waals surface area contributed by atoms with Crippen LogP contribution in [-0.2, 0) is 0 Å². The number of amides is 1. The molecule has 4 heteroatoms. The van der Waals surface area contributed by atoms with Gasteiger partial charge >= 0.3 is 0 Å². The van der Waals surface area contributed by atoms with Crippen LogP contribution in [0.5, 0.6) is 0 Å². The number of halogens is 1. The molecule has 0 saturated heterocycles. The lowest BCUT2D eigenvalue weighted by atomic mass is 9.91. The Morgan fingerprint density at radius 3 is 2.41 bits per heavy atom. The van der Waals surface area contributed by atoms with E-state index in [9.17, 15) is 4.79 Å². The van der Waals surface area contributed by atoms with Gasteiger partial charge in [0.05, 0.1) is 10.6 Å². The summed E-state index contributed by atoms with van der Waals surface area (Å²) in [6.07, 6.45) is 0. The van der Waals surface area contributed by atoms with Gasteiger partial charge in [-0.3, -0.25) is 4.79 Å².